The molecule has 2 aromatic rings. The summed E-state index contributed by atoms with van der Waals surface area (Å²) in [6, 6.07) is 9.27. The number of ether oxygens (including phenoxy) is 2. The van der Waals surface area contributed by atoms with Gasteiger partial charge in [-0.3, -0.25) is 0 Å². The lowest BCUT2D eigenvalue weighted by Gasteiger charge is -2.08. The quantitative estimate of drug-likeness (QED) is 0.570. The van der Waals surface area contributed by atoms with E-state index in [9.17, 15) is 0 Å². The van der Waals surface area contributed by atoms with Crippen LogP contribution in [-0.2, 0) is 11.3 Å². The Morgan fingerprint density at radius 1 is 1.26 bits per heavy atom. The molecule has 1 aromatic carbocycles. The van der Waals surface area contributed by atoms with Gasteiger partial charge in [-0.25, -0.2) is 4.98 Å². The van der Waals surface area contributed by atoms with E-state index in [0.717, 1.165) is 9.32 Å². The zero-order valence-corrected chi connectivity index (χ0v) is 13.2. The summed E-state index contributed by atoms with van der Waals surface area (Å²) in [7, 11) is 0. The van der Waals surface area contributed by atoms with Crippen molar-refractivity contribution in [2.45, 2.75) is 13.5 Å². The predicted octanol–water partition coefficient (Wildman–Crippen LogP) is 4.06. The number of halogens is 2. The molecule has 0 aliphatic carbocycles. The first kappa shape index (κ1) is 14.5. The molecule has 0 unspecified atom stereocenters. The molecule has 0 atom stereocenters. The Morgan fingerprint density at radius 3 is 2.79 bits per heavy atom. The molecule has 0 bridgehead atoms. The Morgan fingerprint density at radius 2 is 2.05 bits per heavy atom. The summed E-state index contributed by atoms with van der Waals surface area (Å²) < 4.78 is 12.0. The molecular formula is C13H12ClIN2O2. The van der Waals surface area contributed by atoms with Crippen LogP contribution in [0.15, 0.2) is 30.3 Å². The van der Waals surface area contributed by atoms with Crippen LogP contribution in [0.5, 0.6) is 11.6 Å². The van der Waals surface area contributed by atoms with Gasteiger partial charge in [0.1, 0.15) is 17.5 Å². The number of hydrogen-bond donors (Lipinski definition) is 0. The van der Waals surface area contributed by atoms with Crippen molar-refractivity contribution in [2.75, 3.05) is 6.61 Å². The number of para-hydroxylation sites is 1. The van der Waals surface area contributed by atoms with Gasteiger partial charge in [-0.15, -0.1) is 0 Å². The van der Waals surface area contributed by atoms with E-state index in [4.69, 9.17) is 21.1 Å². The first-order valence-electron chi connectivity index (χ1n) is 5.72. The number of aromatic nitrogens is 2. The van der Waals surface area contributed by atoms with Crippen molar-refractivity contribution in [1.29, 1.82) is 0 Å². The molecule has 0 fully saturated rings. The van der Waals surface area contributed by atoms with Crippen molar-refractivity contribution in [3.05, 3.63) is 44.9 Å². The van der Waals surface area contributed by atoms with Crippen molar-refractivity contribution in [3.63, 3.8) is 0 Å². The Bertz CT molecular complexity index is 566. The van der Waals surface area contributed by atoms with Crippen LogP contribution in [0.25, 0.3) is 0 Å². The molecule has 0 spiro atoms. The van der Waals surface area contributed by atoms with E-state index in [1.54, 1.807) is 6.07 Å². The van der Waals surface area contributed by atoms with E-state index in [1.165, 1.54) is 0 Å². The largest absolute Gasteiger partial charge is 0.438 e. The average Bonchev–Trinajstić information content (AvgIpc) is 2.38. The lowest BCUT2D eigenvalue weighted by molar-refractivity contribution is 0.128. The standard InChI is InChI=1S/C13H12ClIN2O2/c1-2-18-8-12-16-11(14)7-13(17-12)19-10-6-4-3-5-9(10)15/h3-7H,2,8H2,1H3. The zero-order chi connectivity index (χ0) is 13.7. The van der Waals surface area contributed by atoms with Crippen LogP contribution >= 0.6 is 34.2 Å². The molecule has 6 heteroatoms. The van der Waals surface area contributed by atoms with E-state index in [2.05, 4.69) is 32.6 Å². The van der Waals surface area contributed by atoms with Crippen LogP contribution in [0.1, 0.15) is 12.7 Å². The third kappa shape index (κ3) is 4.29. The van der Waals surface area contributed by atoms with Gasteiger partial charge >= 0.3 is 0 Å². The highest BCUT2D eigenvalue weighted by Crippen LogP contribution is 2.26. The summed E-state index contributed by atoms with van der Waals surface area (Å²) in [6.45, 7) is 2.83. The van der Waals surface area contributed by atoms with Gasteiger partial charge in [0.05, 0.1) is 3.57 Å². The monoisotopic (exact) mass is 390 g/mol. The van der Waals surface area contributed by atoms with Crippen molar-refractivity contribution in [3.8, 4) is 11.6 Å². The molecule has 19 heavy (non-hydrogen) atoms. The summed E-state index contributed by atoms with van der Waals surface area (Å²) in [5, 5.41) is 0.339. The van der Waals surface area contributed by atoms with Gasteiger partial charge in [-0.1, -0.05) is 23.7 Å². The van der Waals surface area contributed by atoms with Gasteiger partial charge in [0.2, 0.25) is 5.88 Å². The highest BCUT2D eigenvalue weighted by molar-refractivity contribution is 14.1. The summed E-state index contributed by atoms with van der Waals surface area (Å²) in [6.07, 6.45) is 0. The van der Waals surface area contributed by atoms with Crippen molar-refractivity contribution in [2.24, 2.45) is 0 Å². The third-order valence-electron chi connectivity index (χ3n) is 2.20. The van der Waals surface area contributed by atoms with Crippen LogP contribution in [0.2, 0.25) is 5.15 Å². The van der Waals surface area contributed by atoms with Crippen LogP contribution in [-0.4, -0.2) is 16.6 Å². The van der Waals surface area contributed by atoms with Crippen molar-refractivity contribution >= 4 is 34.2 Å². The van der Waals surface area contributed by atoms with E-state index < -0.39 is 0 Å². The van der Waals surface area contributed by atoms with E-state index in [0.29, 0.717) is 30.1 Å². The third-order valence-corrected chi connectivity index (χ3v) is 3.29. The van der Waals surface area contributed by atoms with Crippen molar-refractivity contribution in [1.82, 2.24) is 9.97 Å². The normalized spacial score (nSPS) is 10.5. The summed E-state index contributed by atoms with van der Waals surface area (Å²) in [4.78, 5) is 8.34. The van der Waals surface area contributed by atoms with Gasteiger partial charge in [0, 0.05) is 12.7 Å². The molecule has 0 radical (unpaired) electrons. The van der Waals surface area contributed by atoms with Crippen LogP contribution in [0, 0.1) is 3.57 Å². The van der Waals surface area contributed by atoms with Crippen LogP contribution in [0.3, 0.4) is 0 Å². The molecule has 0 amide bonds. The van der Waals surface area contributed by atoms with Gasteiger partial charge in [-0.05, 0) is 41.6 Å². The van der Waals surface area contributed by atoms with E-state index in [-0.39, 0.29) is 0 Å². The molecule has 4 nitrogen and oxygen atoms in total. The molecule has 1 heterocycles. The zero-order valence-electron chi connectivity index (χ0n) is 10.3. The van der Waals surface area contributed by atoms with E-state index >= 15 is 0 Å². The molecule has 1 aromatic heterocycles. The Kier molecular flexibility index (Phi) is 5.35. The fraction of sp³-hybridized carbons (Fsp3) is 0.231. The SMILES string of the molecule is CCOCc1nc(Cl)cc(Oc2ccccc2I)n1. The number of hydrogen-bond acceptors (Lipinski definition) is 4. The minimum Gasteiger partial charge on any atom is -0.438 e. The Hall–Kier alpha value is -0.920. The van der Waals surface area contributed by atoms with Gasteiger partial charge in [0.15, 0.2) is 5.82 Å². The fourth-order valence-corrected chi connectivity index (χ4v) is 2.08. The average molecular weight is 391 g/mol. The van der Waals surface area contributed by atoms with E-state index in [1.807, 2.05) is 31.2 Å². The predicted molar refractivity (Wildman–Crippen MR) is 81.6 cm³/mol. The molecule has 0 aliphatic heterocycles. The summed E-state index contributed by atoms with van der Waals surface area (Å²) >= 11 is 8.15. The maximum absolute atomic E-state index is 5.95. The molecule has 0 aliphatic rings. The maximum atomic E-state index is 5.95. The van der Waals surface area contributed by atoms with Gasteiger partial charge < -0.3 is 9.47 Å². The molecule has 0 saturated carbocycles. The fourth-order valence-electron chi connectivity index (χ4n) is 1.39. The minimum absolute atomic E-state index is 0.319. The first-order valence-corrected chi connectivity index (χ1v) is 7.18. The second-order valence-electron chi connectivity index (χ2n) is 3.61. The van der Waals surface area contributed by atoms with Crippen molar-refractivity contribution < 1.29 is 9.47 Å². The highest BCUT2D eigenvalue weighted by Gasteiger charge is 2.07. The minimum atomic E-state index is 0.319. The second-order valence-corrected chi connectivity index (χ2v) is 5.16. The van der Waals surface area contributed by atoms with Crippen LogP contribution < -0.4 is 4.74 Å². The lowest BCUT2D eigenvalue weighted by atomic mass is 10.3. The maximum Gasteiger partial charge on any atom is 0.224 e. The molecule has 2 rings (SSSR count). The topological polar surface area (TPSA) is 44.2 Å². The molecule has 100 valence electrons. The molecular weight excluding hydrogens is 379 g/mol. The molecule has 0 saturated heterocycles. The number of rotatable bonds is 5. The lowest BCUT2D eigenvalue weighted by Crippen LogP contribution is -2.01. The highest BCUT2D eigenvalue weighted by atomic mass is 127. The molecule has 0 N–H and O–H groups in total. The first-order chi connectivity index (χ1) is 9.19. The second kappa shape index (κ2) is 7.02. The van der Waals surface area contributed by atoms with Gasteiger partial charge in [0.25, 0.3) is 0 Å². The number of nitrogens with zero attached hydrogens (tertiary/aromatic N) is 2. The van der Waals surface area contributed by atoms with Gasteiger partial charge in [-0.2, -0.15) is 4.98 Å². The summed E-state index contributed by atoms with van der Waals surface area (Å²) in [5.74, 6) is 1.66. The Balaban J connectivity index is 2.20. The Labute approximate surface area is 130 Å². The summed E-state index contributed by atoms with van der Waals surface area (Å²) in [5.41, 5.74) is 0. The smallest absolute Gasteiger partial charge is 0.224 e. The van der Waals surface area contributed by atoms with Crippen LogP contribution in [0.4, 0.5) is 0 Å². The number of benzene rings is 1.